The summed E-state index contributed by atoms with van der Waals surface area (Å²) in [4.78, 5) is 10.8. The van der Waals surface area contributed by atoms with Gasteiger partial charge in [-0.25, -0.2) is 4.79 Å². The third-order valence-electron chi connectivity index (χ3n) is 3.38. The maximum absolute atomic E-state index is 10.8. The molecule has 2 nitrogen and oxygen atoms in total. The molecule has 0 rings (SSSR count). The number of hydrogen-bond donors (Lipinski definition) is 0. The van der Waals surface area contributed by atoms with Crippen molar-refractivity contribution >= 4 is 5.97 Å². The predicted octanol–water partition coefficient (Wildman–Crippen LogP) is 5.75. The maximum atomic E-state index is 10.8. The molecule has 120 valence electrons. The van der Waals surface area contributed by atoms with E-state index in [0.29, 0.717) is 0 Å². The molecule has 0 bridgehead atoms. The fraction of sp³-hybridized carbons (Fsp3) is 0.632. The Labute approximate surface area is 131 Å². The fourth-order valence-electron chi connectivity index (χ4n) is 2.08. The van der Waals surface area contributed by atoms with Crippen LogP contribution in [-0.2, 0) is 9.53 Å². The van der Waals surface area contributed by atoms with Gasteiger partial charge in [-0.3, -0.25) is 0 Å². The summed E-state index contributed by atoms with van der Waals surface area (Å²) in [6.45, 7) is 2.26. The van der Waals surface area contributed by atoms with Gasteiger partial charge < -0.3 is 4.74 Å². The second-order valence-electron chi connectivity index (χ2n) is 5.31. The van der Waals surface area contributed by atoms with E-state index in [0.717, 1.165) is 6.42 Å². The quantitative estimate of drug-likeness (QED) is 0.187. The van der Waals surface area contributed by atoms with Crippen LogP contribution in [0.3, 0.4) is 0 Å². The number of methoxy groups -OCH3 is 1. The second kappa shape index (κ2) is 16.7. The normalized spacial score (nSPS) is 11.9. The van der Waals surface area contributed by atoms with Crippen molar-refractivity contribution < 1.29 is 9.53 Å². The summed E-state index contributed by atoms with van der Waals surface area (Å²) in [6, 6.07) is 0. The Kier molecular flexibility index (Phi) is 15.7. The van der Waals surface area contributed by atoms with Gasteiger partial charge in [0.1, 0.15) is 0 Å². The van der Waals surface area contributed by atoms with Crippen LogP contribution >= 0.6 is 0 Å². The molecular formula is C19H32O2. The van der Waals surface area contributed by atoms with Gasteiger partial charge in [-0.05, 0) is 12.8 Å². The highest BCUT2D eigenvalue weighted by atomic mass is 16.5. The molecular weight excluding hydrogens is 260 g/mol. The van der Waals surface area contributed by atoms with Gasteiger partial charge in [-0.1, -0.05) is 88.7 Å². The summed E-state index contributed by atoms with van der Waals surface area (Å²) >= 11 is 0. The van der Waals surface area contributed by atoms with Crippen LogP contribution in [0, 0.1) is 0 Å². The van der Waals surface area contributed by atoms with Crippen LogP contribution in [0.1, 0.15) is 71.1 Å². The van der Waals surface area contributed by atoms with Gasteiger partial charge in [0, 0.05) is 6.08 Å². The summed E-state index contributed by atoms with van der Waals surface area (Å²) in [6.07, 6.45) is 24.6. The highest BCUT2D eigenvalue weighted by Crippen LogP contribution is 2.10. The van der Waals surface area contributed by atoms with Crippen molar-refractivity contribution in [3.8, 4) is 0 Å². The minimum absolute atomic E-state index is 0.321. The van der Waals surface area contributed by atoms with Crippen LogP contribution in [0.25, 0.3) is 0 Å². The molecule has 0 aromatic carbocycles. The minimum Gasteiger partial charge on any atom is -0.466 e. The standard InChI is InChI=1S/C19H32O2/c1-3-4-5-6-7-8-9-10-11-12-13-14-15-16-17-18-19(20)21-2/h13-18H,3-12H2,1-2H3. The van der Waals surface area contributed by atoms with Crippen molar-refractivity contribution in [1.29, 1.82) is 0 Å². The topological polar surface area (TPSA) is 26.3 Å². The van der Waals surface area contributed by atoms with Crippen molar-refractivity contribution in [3.05, 3.63) is 36.5 Å². The van der Waals surface area contributed by atoms with Crippen molar-refractivity contribution in [2.75, 3.05) is 7.11 Å². The molecule has 0 saturated carbocycles. The molecule has 0 aromatic heterocycles. The first kappa shape index (κ1) is 19.7. The zero-order chi connectivity index (χ0) is 15.6. The Morgan fingerprint density at radius 2 is 1.38 bits per heavy atom. The number of esters is 1. The third kappa shape index (κ3) is 16.6. The number of unbranched alkanes of at least 4 members (excludes halogenated alkanes) is 9. The van der Waals surface area contributed by atoms with E-state index in [-0.39, 0.29) is 5.97 Å². The molecule has 0 aliphatic heterocycles. The molecule has 0 radical (unpaired) electrons. The first-order valence-corrected chi connectivity index (χ1v) is 8.39. The molecule has 0 fully saturated rings. The molecule has 0 aliphatic carbocycles. The highest BCUT2D eigenvalue weighted by Gasteiger charge is 1.91. The summed E-state index contributed by atoms with van der Waals surface area (Å²) in [5.74, 6) is -0.321. The number of ether oxygens (including phenoxy) is 1. The van der Waals surface area contributed by atoms with Gasteiger partial charge in [0.05, 0.1) is 7.11 Å². The lowest BCUT2D eigenvalue weighted by atomic mass is 10.1. The molecule has 0 aliphatic rings. The van der Waals surface area contributed by atoms with E-state index in [1.54, 1.807) is 6.08 Å². The highest BCUT2D eigenvalue weighted by molar-refractivity contribution is 5.82. The van der Waals surface area contributed by atoms with Crippen LogP contribution in [0.5, 0.6) is 0 Å². The van der Waals surface area contributed by atoms with Crippen LogP contribution in [0.2, 0.25) is 0 Å². The maximum Gasteiger partial charge on any atom is 0.330 e. The lowest BCUT2D eigenvalue weighted by Gasteiger charge is -2.00. The molecule has 0 N–H and O–H groups in total. The van der Waals surface area contributed by atoms with E-state index < -0.39 is 0 Å². The first-order valence-electron chi connectivity index (χ1n) is 8.39. The largest absolute Gasteiger partial charge is 0.466 e. The van der Waals surface area contributed by atoms with E-state index in [2.05, 4.69) is 17.7 Å². The van der Waals surface area contributed by atoms with Gasteiger partial charge in [-0.15, -0.1) is 0 Å². The number of rotatable bonds is 13. The van der Waals surface area contributed by atoms with Crippen LogP contribution in [-0.4, -0.2) is 13.1 Å². The van der Waals surface area contributed by atoms with Crippen LogP contribution in [0.4, 0.5) is 0 Å². The Bertz CT molecular complexity index is 314. The molecule has 2 heteroatoms. The van der Waals surface area contributed by atoms with Gasteiger partial charge in [0.2, 0.25) is 0 Å². The van der Waals surface area contributed by atoms with Crippen LogP contribution in [0.15, 0.2) is 36.5 Å². The summed E-state index contributed by atoms with van der Waals surface area (Å²) < 4.78 is 4.49. The zero-order valence-corrected chi connectivity index (χ0v) is 13.9. The number of allylic oxidation sites excluding steroid dienone is 5. The van der Waals surface area contributed by atoms with Gasteiger partial charge >= 0.3 is 5.97 Å². The van der Waals surface area contributed by atoms with Gasteiger partial charge in [0.15, 0.2) is 0 Å². The number of carbonyl (C=O) groups excluding carboxylic acids is 1. The minimum atomic E-state index is -0.321. The zero-order valence-electron chi connectivity index (χ0n) is 13.9. The molecule has 0 amide bonds. The first-order chi connectivity index (χ1) is 10.3. The lowest BCUT2D eigenvalue weighted by Crippen LogP contribution is -1.92. The average molecular weight is 292 g/mol. The van der Waals surface area contributed by atoms with Crippen molar-refractivity contribution in [3.63, 3.8) is 0 Å². The lowest BCUT2D eigenvalue weighted by molar-refractivity contribution is -0.134. The fourth-order valence-corrected chi connectivity index (χ4v) is 2.08. The Morgan fingerprint density at radius 1 is 0.810 bits per heavy atom. The Morgan fingerprint density at radius 3 is 2.00 bits per heavy atom. The predicted molar refractivity (Wildman–Crippen MR) is 91.3 cm³/mol. The van der Waals surface area contributed by atoms with Crippen molar-refractivity contribution in [2.24, 2.45) is 0 Å². The van der Waals surface area contributed by atoms with E-state index in [4.69, 9.17) is 0 Å². The average Bonchev–Trinajstić information content (AvgIpc) is 2.50. The number of carbonyl (C=O) groups is 1. The monoisotopic (exact) mass is 292 g/mol. The Balaban J connectivity index is 3.31. The second-order valence-corrected chi connectivity index (χ2v) is 5.31. The van der Waals surface area contributed by atoms with Gasteiger partial charge in [-0.2, -0.15) is 0 Å². The number of hydrogen-bond acceptors (Lipinski definition) is 2. The van der Waals surface area contributed by atoms with Crippen LogP contribution < -0.4 is 0 Å². The molecule has 0 saturated heterocycles. The van der Waals surface area contributed by atoms with Gasteiger partial charge in [0.25, 0.3) is 0 Å². The summed E-state index contributed by atoms with van der Waals surface area (Å²) in [5, 5.41) is 0. The van der Waals surface area contributed by atoms with Crippen molar-refractivity contribution in [2.45, 2.75) is 71.1 Å². The molecule has 0 atom stereocenters. The van der Waals surface area contributed by atoms with E-state index >= 15 is 0 Å². The molecule has 21 heavy (non-hydrogen) atoms. The molecule has 0 aromatic rings. The smallest absolute Gasteiger partial charge is 0.330 e. The summed E-state index contributed by atoms with van der Waals surface area (Å²) in [5.41, 5.74) is 0. The Hall–Kier alpha value is -1.31. The molecule has 0 heterocycles. The molecule has 0 unspecified atom stereocenters. The van der Waals surface area contributed by atoms with E-state index in [1.807, 2.05) is 18.2 Å². The SMILES string of the molecule is CCCCCCCCCCCC=CC=CC=CC(=O)OC. The van der Waals surface area contributed by atoms with E-state index in [9.17, 15) is 4.79 Å². The van der Waals surface area contributed by atoms with E-state index in [1.165, 1.54) is 71.0 Å². The van der Waals surface area contributed by atoms with Crippen molar-refractivity contribution in [1.82, 2.24) is 0 Å². The summed E-state index contributed by atoms with van der Waals surface area (Å²) in [7, 11) is 1.38. The molecule has 0 spiro atoms. The third-order valence-corrected chi connectivity index (χ3v) is 3.38.